The van der Waals surface area contributed by atoms with Gasteiger partial charge < -0.3 is 15.0 Å². The van der Waals surface area contributed by atoms with Gasteiger partial charge in [0.25, 0.3) is 5.91 Å². The summed E-state index contributed by atoms with van der Waals surface area (Å²) in [5.74, 6) is -0.692. The molecule has 0 atom stereocenters. The molecule has 2 N–H and O–H groups in total. The first kappa shape index (κ1) is 25.6. The Balaban J connectivity index is 1.55. The van der Waals surface area contributed by atoms with Crippen LogP contribution in [0.1, 0.15) is 65.1 Å². The summed E-state index contributed by atoms with van der Waals surface area (Å²) in [7, 11) is 0. The second-order valence-corrected chi connectivity index (χ2v) is 9.57. The number of halogens is 3. The first-order chi connectivity index (χ1) is 18.3. The topological polar surface area (TPSA) is 71.2 Å². The molecule has 1 fully saturated rings. The van der Waals surface area contributed by atoms with Gasteiger partial charge in [-0.15, -0.1) is 0 Å². The Morgan fingerprint density at radius 2 is 1.68 bits per heavy atom. The highest BCUT2D eigenvalue weighted by molar-refractivity contribution is 6.06. The van der Waals surface area contributed by atoms with Gasteiger partial charge in [-0.2, -0.15) is 13.2 Å². The second-order valence-electron chi connectivity index (χ2n) is 9.57. The molecule has 0 aliphatic heterocycles. The van der Waals surface area contributed by atoms with Gasteiger partial charge in [0.05, 0.1) is 11.3 Å². The number of para-hydroxylation sites is 1. The van der Waals surface area contributed by atoms with Gasteiger partial charge in [0.2, 0.25) is 5.43 Å². The molecule has 4 aromatic rings. The fraction of sp³-hybridized carbons (Fsp3) is 0.267. The van der Waals surface area contributed by atoms with Crippen LogP contribution in [0.4, 0.5) is 18.9 Å². The average Bonchev–Trinajstić information content (AvgIpc) is 2.92. The molecule has 1 aromatic heterocycles. The molecule has 38 heavy (non-hydrogen) atoms. The van der Waals surface area contributed by atoms with Gasteiger partial charge in [0.15, 0.2) is 0 Å². The van der Waals surface area contributed by atoms with Crippen LogP contribution in [0.2, 0.25) is 0 Å². The highest BCUT2D eigenvalue weighted by Crippen LogP contribution is 2.44. The Hall–Kier alpha value is -4.07. The molecule has 1 saturated carbocycles. The van der Waals surface area contributed by atoms with E-state index < -0.39 is 28.8 Å². The quantitative estimate of drug-likeness (QED) is 0.278. The third-order valence-electron chi connectivity index (χ3n) is 7.02. The van der Waals surface area contributed by atoms with E-state index in [0.29, 0.717) is 16.8 Å². The van der Waals surface area contributed by atoms with Crippen LogP contribution in [0.5, 0.6) is 5.75 Å². The van der Waals surface area contributed by atoms with E-state index in [4.69, 9.17) is 4.74 Å². The molecule has 5 nitrogen and oxygen atoms in total. The molecule has 196 valence electrons. The smallest absolute Gasteiger partial charge is 0.418 e. The van der Waals surface area contributed by atoms with Crippen LogP contribution < -0.4 is 15.5 Å². The van der Waals surface area contributed by atoms with Crippen molar-refractivity contribution in [2.24, 2.45) is 0 Å². The molecule has 1 aliphatic carbocycles. The monoisotopic (exact) mass is 520 g/mol. The molecule has 5 rings (SSSR count). The Bertz CT molecular complexity index is 1510. The lowest BCUT2D eigenvalue weighted by atomic mass is 9.83. The maximum atomic E-state index is 14.3. The van der Waals surface area contributed by atoms with Gasteiger partial charge >= 0.3 is 6.18 Å². The maximum absolute atomic E-state index is 14.3. The summed E-state index contributed by atoms with van der Waals surface area (Å²) in [6, 6.07) is 18.3. The zero-order chi connectivity index (χ0) is 26.7. The molecule has 1 amide bonds. The first-order valence-electron chi connectivity index (χ1n) is 12.6. The van der Waals surface area contributed by atoms with Crippen molar-refractivity contribution in [2.75, 3.05) is 5.32 Å². The number of pyridine rings is 1. The van der Waals surface area contributed by atoms with E-state index in [-0.39, 0.29) is 23.5 Å². The van der Waals surface area contributed by atoms with Gasteiger partial charge in [-0.3, -0.25) is 9.59 Å². The lowest BCUT2D eigenvalue weighted by Gasteiger charge is -2.26. The number of benzene rings is 3. The van der Waals surface area contributed by atoms with E-state index in [9.17, 15) is 22.8 Å². The van der Waals surface area contributed by atoms with Crippen molar-refractivity contribution in [3.8, 4) is 5.75 Å². The largest absolute Gasteiger partial charge is 0.489 e. The maximum Gasteiger partial charge on any atom is 0.418 e. The molecule has 1 aliphatic rings. The number of amides is 1. The van der Waals surface area contributed by atoms with Crippen molar-refractivity contribution in [3.05, 3.63) is 105 Å². The van der Waals surface area contributed by atoms with Crippen LogP contribution >= 0.6 is 0 Å². The minimum absolute atomic E-state index is 0.0660. The van der Waals surface area contributed by atoms with Crippen LogP contribution in [0.25, 0.3) is 10.9 Å². The van der Waals surface area contributed by atoms with Crippen LogP contribution in [0, 0.1) is 0 Å². The van der Waals surface area contributed by atoms with Gasteiger partial charge in [-0.1, -0.05) is 61.7 Å². The summed E-state index contributed by atoms with van der Waals surface area (Å²) in [6.07, 6.45) is 0.975. The molecule has 1 heterocycles. The van der Waals surface area contributed by atoms with Crippen molar-refractivity contribution in [1.29, 1.82) is 0 Å². The minimum Gasteiger partial charge on any atom is -0.489 e. The molecular weight excluding hydrogens is 493 g/mol. The normalized spacial score (nSPS) is 14.4. The lowest BCUT2D eigenvalue weighted by Crippen LogP contribution is -2.24. The zero-order valence-corrected chi connectivity index (χ0v) is 20.6. The summed E-state index contributed by atoms with van der Waals surface area (Å²) in [4.78, 5) is 28.9. The van der Waals surface area contributed by atoms with Gasteiger partial charge in [-0.25, -0.2) is 0 Å². The van der Waals surface area contributed by atoms with E-state index in [1.165, 1.54) is 12.3 Å². The minimum atomic E-state index is -4.72. The Morgan fingerprint density at radius 1 is 0.974 bits per heavy atom. The van der Waals surface area contributed by atoms with Crippen LogP contribution in [0.3, 0.4) is 0 Å². The van der Waals surface area contributed by atoms with Crippen LogP contribution in [0.15, 0.2) is 77.7 Å². The fourth-order valence-electron chi connectivity index (χ4n) is 5.05. The number of fused-ring (bicyclic) bond motifs is 1. The molecule has 0 bridgehead atoms. The van der Waals surface area contributed by atoms with E-state index in [0.717, 1.165) is 43.7 Å². The number of carbonyl (C=O) groups excluding carboxylic acids is 1. The number of anilines is 1. The molecule has 3 aromatic carbocycles. The zero-order valence-electron chi connectivity index (χ0n) is 20.6. The van der Waals surface area contributed by atoms with Crippen molar-refractivity contribution >= 4 is 22.5 Å². The Labute approximate surface area is 217 Å². The Kier molecular flexibility index (Phi) is 7.22. The van der Waals surface area contributed by atoms with Crippen LogP contribution in [-0.2, 0) is 12.8 Å². The van der Waals surface area contributed by atoms with Crippen LogP contribution in [-0.4, -0.2) is 10.9 Å². The molecule has 8 heteroatoms. The number of ether oxygens (including phenoxy) is 1. The highest BCUT2D eigenvalue weighted by Gasteiger charge is 2.36. The molecular formula is C30H27F3N2O3. The number of rotatable bonds is 6. The molecule has 0 spiro atoms. The van der Waals surface area contributed by atoms with Crippen molar-refractivity contribution in [1.82, 2.24) is 4.98 Å². The third-order valence-corrected chi connectivity index (χ3v) is 7.02. The van der Waals surface area contributed by atoms with E-state index in [1.54, 1.807) is 24.3 Å². The number of aromatic amines is 1. The number of hydrogen-bond donors (Lipinski definition) is 2. The third kappa shape index (κ3) is 5.44. The van der Waals surface area contributed by atoms with Gasteiger partial charge in [0.1, 0.15) is 17.9 Å². The number of hydrogen-bond acceptors (Lipinski definition) is 3. The van der Waals surface area contributed by atoms with Crippen molar-refractivity contribution in [3.63, 3.8) is 0 Å². The van der Waals surface area contributed by atoms with Gasteiger partial charge in [0, 0.05) is 23.2 Å². The standard InChI is InChI=1S/C30H27F3N2O3/c31-30(32,33)24-15-22(20-11-5-2-6-12-20)27(38-18-19-9-3-1-4-10-19)16-26(24)35-29(37)23-17-34-25-14-8-7-13-21(25)28(23)36/h1,3-4,7-10,13-17,20H,2,5-6,11-12,18H2,(H,34,36)(H,35,37). The summed E-state index contributed by atoms with van der Waals surface area (Å²) >= 11 is 0. The first-order valence-corrected chi connectivity index (χ1v) is 12.6. The van der Waals surface area contributed by atoms with Crippen molar-refractivity contribution in [2.45, 2.75) is 50.8 Å². The molecule has 0 unspecified atom stereocenters. The predicted molar refractivity (Wildman–Crippen MR) is 141 cm³/mol. The fourth-order valence-corrected chi connectivity index (χ4v) is 5.05. The number of alkyl halides is 3. The lowest BCUT2D eigenvalue weighted by molar-refractivity contribution is -0.137. The number of H-pyrrole nitrogens is 1. The summed E-state index contributed by atoms with van der Waals surface area (Å²) in [5, 5.41) is 2.62. The van der Waals surface area contributed by atoms with Gasteiger partial charge in [-0.05, 0) is 48.1 Å². The number of carbonyl (C=O) groups is 1. The SMILES string of the molecule is O=C(Nc1cc(OCc2ccccc2)c(C2CCCCC2)cc1C(F)(F)F)c1c[nH]c2ccccc2c1=O. The molecule has 0 radical (unpaired) electrons. The second kappa shape index (κ2) is 10.7. The summed E-state index contributed by atoms with van der Waals surface area (Å²) in [5.41, 5.74) is -0.360. The summed E-state index contributed by atoms with van der Waals surface area (Å²) in [6.45, 7) is 0.170. The van der Waals surface area contributed by atoms with E-state index in [1.807, 2.05) is 30.3 Å². The Morgan fingerprint density at radius 3 is 2.42 bits per heavy atom. The number of nitrogens with one attached hydrogen (secondary N) is 2. The molecule has 0 saturated heterocycles. The predicted octanol–water partition coefficient (Wildman–Crippen LogP) is 7.43. The van der Waals surface area contributed by atoms with E-state index in [2.05, 4.69) is 10.3 Å². The summed E-state index contributed by atoms with van der Waals surface area (Å²) < 4.78 is 48.8. The highest BCUT2D eigenvalue weighted by atomic mass is 19.4. The average molecular weight is 521 g/mol. The van der Waals surface area contributed by atoms with E-state index >= 15 is 0 Å². The number of aromatic nitrogens is 1. The van der Waals surface area contributed by atoms with Crippen molar-refractivity contribution < 1.29 is 22.7 Å².